The number of rotatable bonds is 3. The van der Waals surface area contributed by atoms with E-state index in [1.165, 1.54) is 0 Å². The zero-order chi connectivity index (χ0) is 16.7. The Morgan fingerprint density at radius 2 is 2.00 bits per heavy atom. The Morgan fingerprint density at radius 1 is 1.36 bits per heavy atom. The fourth-order valence-electron chi connectivity index (χ4n) is 2.49. The fourth-order valence-corrected chi connectivity index (χ4v) is 3.79. The van der Waals surface area contributed by atoms with Crippen LogP contribution in [0.25, 0.3) is 0 Å². The van der Waals surface area contributed by atoms with Crippen LogP contribution in [0.1, 0.15) is 54.8 Å². The average Bonchev–Trinajstić information content (AvgIpc) is 2.36. The number of aromatic carboxylic acids is 1. The molecule has 0 aromatic heterocycles. The van der Waals surface area contributed by atoms with Gasteiger partial charge in [0.25, 0.3) is 0 Å². The predicted molar refractivity (Wildman–Crippen MR) is 89.3 cm³/mol. The molecule has 1 N–H and O–H groups in total. The number of ether oxygens (including phenoxy) is 1. The zero-order valence-corrected chi connectivity index (χ0v) is 15.3. The van der Waals surface area contributed by atoms with Crippen molar-refractivity contribution in [2.75, 3.05) is 6.61 Å². The lowest BCUT2D eigenvalue weighted by molar-refractivity contribution is 0.0694. The van der Waals surface area contributed by atoms with E-state index in [9.17, 15) is 9.90 Å². The van der Waals surface area contributed by atoms with E-state index in [4.69, 9.17) is 9.16 Å². The van der Waals surface area contributed by atoms with Crippen LogP contribution in [0, 0.1) is 6.92 Å². The number of carboxylic acids is 1. The second-order valence-electron chi connectivity index (χ2n) is 7.51. The molecule has 0 aliphatic carbocycles. The largest absolute Gasteiger partial charge is 0.493 e. The summed E-state index contributed by atoms with van der Waals surface area (Å²) in [4.78, 5) is 11.2. The number of benzene rings is 1. The summed E-state index contributed by atoms with van der Waals surface area (Å²) < 4.78 is 12.3. The van der Waals surface area contributed by atoms with E-state index in [1.807, 2.05) is 6.92 Å². The van der Waals surface area contributed by atoms with E-state index in [0.29, 0.717) is 12.4 Å². The van der Waals surface area contributed by atoms with Gasteiger partial charge >= 0.3 is 5.97 Å². The van der Waals surface area contributed by atoms with Crippen molar-refractivity contribution in [3.8, 4) is 5.75 Å². The third-order valence-electron chi connectivity index (χ3n) is 4.80. The number of carboxylic acid groups (broad SMARTS) is 1. The molecule has 1 aliphatic heterocycles. The van der Waals surface area contributed by atoms with Crippen LogP contribution in [-0.2, 0) is 4.43 Å². The van der Waals surface area contributed by atoms with E-state index < -0.39 is 14.3 Å². The summed E-state index contributed by atoms with van der Waals surface area (Å²) in [6.45, 7) is 13.6. The highest BCUT2D eigenvalue weighted by atomic mass is 28.4. The number of hydrogen-bond donors (Lipinski definition) is 1. The first-order valence-corrected chi connectivity index (χ1v) is 10.6. The topological polar surface area (TPSA) is 55.8 Å². The van der Waals surface area contributed by atoms with Gasteiger partial charge in [-0.25, -0.2) is 4.79 Å². The number of aryl methyl sites for hydroxylation is 1. The van der Waals surface area contributed by atoms with E-state index in [2.05, 4.69) is 33.9 Å². The van der Waals surface area contributed by atoms with Crippen LogP contribution in [0.5, 0.6) is 5.75 Å². The average molecular weight is 322 g/mol. The quantitative estimate of drug-likeness (QED) is 0.830. The predicted octanol–water partition coefficient (Wildman–Crippen LogP) is 4.54. The Bertz CT molecular complexity index is 587. The molecule has 0 saturated carbocycles. The third kappa shape index (κ3) is 3.20. The number of hydrogen-bond acceptors (Lipinski definition) is 3. The van der Waals surface area contributed by atoms with Gasteiger partial charge in [0, 0.05) is 12.0 Å². The SMILES string of the molecule is Cc1cc(C(=O)O)cc2c1C(O[Si](C)(C)C(C)(C)C)CCO2. The van der Waals surface area contributed by atoms with Gasteiger partial charge in [-0.1, -0.05) is 20.8 Å². The molecule has 2 rings (SSSR count). The zero-order valence-electron chi connectivity index (χ0n) is 14.3. The molecular formula is C17H26O4Si. The molecule has 0 bridgehead atoms. The van der Waals surface area contributed by atoms with Crippen molar-refractivity contribution in [2.24, 2.45) is 0 Å². The van der Waals surface area contributed by atoms with Crippen LogP contribution < -0.4 is 4.74 Å². The van der Waals surface area contributed by atoms with Crippen LogP contribution in [-0.4, -0.2) is 26.0 Å². The maximum atomic E-state index is 11.2. The second-order valence-corrected chi connectivity index (χ2v) is 12.3. The summed E-state index contributed by atoms with van der Waals surface area (Å²) in [5.41, 5.74) is 2.21. The lowest BCUT2D eigenvalue weighted by Gasteiger charge is -2.41. The van der Waals surface area contributed by atoms with Crippen molar-refractivity contribution in [1.29, 1.82) is 0 Å². The molecule has 1 unspecified atom stereocenters. The monoisotopic (exact) mass is 322 g/mol. The van der Waals surface area contributed by atoms with E-state index in [0.717, 1.165) is 17.5 Å². The van der Waals surface area contributed by atoms with Crippen molar-refractivity contribution >= 4 is 14.3 Å². The fraction of sp³-hybridized carbons (Fsp3) is 0.588. The minimum Gasteiger partial charge on any atom is -0.493 e. The van der Waals surface area contributed by atoms with Crippen LogP contribution in [0.4, 0.5) is 0 Å². The molecule has 0 spiro atoms. The summed E-state index contributed by atoms with van der Waals surface area (Å²) in [6, 6.07) is 3.32. The summed E-state index contributed by atoms with van der Waals surface area (Å²) >= 11 is 0. The lowest BCUT2D eigenvalue weighted by Crippen LogP contribution is -2.42. The standard InChI is InChI=1S/C17H26O4Si/c1-11-9-12(16(18)19)10-14-15(11)13(7-8-20-14)21-22(5,6)17(2,3)4/h9-10,13H,7-8H2,1-6H3,(H,18,19). The molecular weight excluding hydrogens is 296 g/mol. The van der Waals surface area contributed by atoms with Crippen molar-refractivity contribution in [3.63, 3.8) is 0 Å². The summed E-state index contributed by atoms with van der Waals surface area (Å²) in [6.07, 6.45) is 0.805. The van der Waals surface area contributed by atoms with E-state index in [-0.39, 0.29) is 16.7 Å². The molecule has 4 nitrogen and oxygen atoms in total. The Balaban J connectivity index is 2.39. The third-order valence-corrected chi connectivity index (χ3v) is 9.28. The van der Waals surface area contributed by atoms with Gasteiger partial charge in [-0.2, -0.15) is 0 Å². The minimum atomic E-state index is -1.89. The van der Waals surface area contributed by atoms with Crippen molar-refractivity contribution in [2.45, 2.75) is 58.4 Å². The first kappa shape index (κ1) is 17.0. The Labute approximate surface area is 133 Å². The van der Waals surface area contributed by atoms with Crippen molar-refractivity contribution in [3.05, 3.63) is 28.8 Å². The van der Waals surface area contributed by atoms with Gasteiger partial charge in [0.2, 0.25) is 0 Å². The van der Waals surface area contributed by atoms with Gasteiger partial charge in [-0.3, -0.25) is 0 Å². The summed E-state index contributed by atoms with van der Waals surface area (Å²) in [5.74, 6) is -0.269. The molecule has 0 fully saturated rings. The van der Waals surface area contributed by atoms with E-state index >= 15 is 0 Å². The molecule has 1 atom stereocenters. The maximum absolute atomic E-state index is 11.2. The van der Waals surface area contributed by atoms with E-state index in [1.54, 1.807) is 12.1 Å². The highest BCUT2D eigenvalue weighted by molar-refractivity contribution is 6.74. The van der Waals surface area contributed by atoms with Gasteiger partial charge in [-0.05, 0) is 42.8 Å². The maximum Gasteiger partial charge on any atom is 0.335 e. The van der Waals surface area contributed by atoms with Crippen LogP contribution >= 0.6 is 0 Å². The van der Waals surface area contributed by atoms with Gasteiger partial charge in [0.05, 0.1) is 18.3 Å². The van der Waals surface area contributed by atoms with Gasteiger partial charge in [-0.15, -0.1) is 0 Å². The number of carbonyl (C=O) groups is 1. The summed E-state index contributed by atoms with van der Waals surface area (Å²) in [5, 5.41) is 9.33. The van der Waals surface area contributed by atoms with Gasteiger partial charge < -0.3 is 14.3 Å². The first-order valence-electron chi connectivity index (χ1n) is 7.71. The normalized spacial score (nSPS) is 18.5. The molecule has 0 saturated heterocycles. The van der Waals surface area contributed by atoms with Crippen LogP contribution in [0.15, 0.2) is 12.1 Å². The molecule has 1 aromatic rings. The molecule has 1 aliphatic rings. The minimum absolute atomic E-state index is 0.00696. The lowest BCUT2D eigenvalue weighted by atomic mass is 9.96. The summed E-state index contributed by atoms with van der Waals surface area (Å²) in [7, 11) is -1.89. The van der Waals surface area contributed by atoms with Crippen molar-refractivity contribution < 1.29 is 19.1 Å². The molecule has 0 radical (unpaired) electrons. The Morgan fingerprint density at radius 3 is 2.55 bits per heavy atom. The molecule has 5 heteroatoms. The Hall–Kier alpha value is -1.33. The molecule has 22 heavy (non-hydrogen) atoms. The van der Waals surface area contributed by atoms with Crippen LogP contribution in [0.2, 0.25) is 18.1 Å². The second kappa shape index (κ2) is 5.70. The highest BCUT2D eigenvalue weighted by Gasteiger charge is 2.41. The Kier molecular flexibility index (Phi) is 4.41. The van der Waals surface area contributed by atoms with Gasteiger partial charge in [0.1, 0.15) is 5.75 Å². The van der Waals surface area contributed by atoms with Crippen LogP contribution in [0.3, 0.4) is 0 Å². The molecule has 122 valence electrons. The number of fused-ring (bicyclic) bond motifs is 1. The van der Waals surface area contributed by atoms with Crippen molar-refractivity contribution in [1.82, 2.24) is 0 Å². The molecule has 1 aromatic carbocycles. The molecule has 1 heterocycles. The smallest absolute Gasteiger partial charge is 0.335 e. The van der Waals surface area contributed by atoms with Gasteiger partial charge in [0.15, 0.2) is 8.32 Å². The molecule has 0 amide bonds. The highest BCUT2D eigenvalue weighted by Crippen LogP contribution is 2.44. The first-order chi connectivity index (χ1) is 10.0.